The fourth-order valence-electron chi connectivity index (χ4n) is 3.56. The zero-order valence-electron chi connectivity index (χ0n) is 16.4. The summed E-state index contributed by atoms with van der Waals surface area (Å²) < 4.78 is 30.4. The van der Waals surface area contributed by atoms with E-state index in [0.717, 1.165) is 10.0 Å². The maximum Gasteiger partial charge on any atom is 0.246 e. The molecule has 0 bridgehead atoms. The number of hydrogen-bond donors (Lipinski definition) is 0. The number of halogens is 1. The molecule has 1 fully saturated rings. The predicted molar refractivity (Wildman–Crippen MR) is 111 cm³/mol. The Morgan fingerprint density at radius 1 is 1.11 bits per heavy atom. The number of nitrogens with zero attached hydrogens (tertiary/aromatic N) is 4. The molecule has 1 saturated heterocycles. The van der Waals surface area contributed by atoms with Gasteiger partial charge in [0, 0.05) is 37.2 Å². The van der Waals surface area contributed by atoms with Crippen molar-refractivity contribution in [3.8, 4) is 0 Å². The summed E-state index contributed by atoms with van der Waals surface area (Å²) in [6.07, 6.45) is 0.321. The van der Waals surface area contributed by atoms with E-state index in [1.54, 1.807) is 23.4 Å². The van der Waals surface area contributed by atoms with Gasteiger partial charge >= 0.3 is 0 Å². The Labute approximate surface area is 174 Å². The highest BCUT2D eigenvalue weighted by atomic mass is 79.9. The minimum atomic E-state index is -3.62. The molecule has 0 saturated carbocycles. The monoisotopic (exact) mass is 468 g/mol. The Balaban J connectivity index is 1.67. The number of benzene rings is 1. The number of piperazine rings is 1. The maximum absolute atomic E-state index is 13.1. The molecule has 0 spiro atoms. The van der Waals surface area contributed by atoms with Crippen molar-refractivity contribution in [2.24, 2.45) is 0 Å². The van der Waals surface area contributed by atoms with Crippen LogP contribution in [0.2, 0.25) is 0 Å². The van der Waals surface area contributed by atoms with Gasteiger partial charge in [0.05, 0.1) is 17.8 Å². The third-order valence-electron chi connectivity index (χ3n) is 5.07. The minimum Gasteiger partial charge on any atom is -0.340 e. The molecule has 1 aliphatic heterocycles. The number of aryl methyl sites for hydroxylation is 2. The molecule has 2 aromatic rings. The molecule has 0 atom stereocenters. The van der Waals surface area contributed by atoms with Crippen LogP contribution in [0.3, 0.4) is 0 Å². The first-order valence-corrected chi connectivity index (χ1v) is 11.5. The van der Waals surface area contributed by atoms with Crippen LogP contribution in [0, 0.1) is 13.8 Å². The SMILES string of the molecule is CCn1nc(C)c(S(=O)(=O)N2CCN(C(=O)Cc3ccc(Br)cc3)CC2)c1C. The summed E-state index contributed by atoms with van der Waals surface area (Å²) >= 11 is 3.39. The smallest absolute Gasteiger partial charge is 0.246 e. The van der Waals surface area contributed by atoms with Gasteiger partial charge in [0.25, 0.3) is 0 Å². The van der Waals surface area contributed by atoms with Gasteiger partial charge in [-0.1, -0.05) is 28.1 Å². The van der Waals surface area contributed by atoms with Crippen LogP contribution in [0.15, 0.2) is 33.6 Å². The van der Waals surface area contributed by atoms with Crippen LogP contribution < -0.4 is 0 Å². The summed E-state index contributed by atoms with van der Waals surface area (Å²) in [6, 6.07) is 7.65. The first kappa shape index (κ1) is 21.0. The molecule has 152 valence electrons. The Morgan fingerprint density at radius 2 is 1.71 bits per heavy atom. The lowest BCUT2D eigenvalue weighted by atomic mass is 10.1. The summed E-state index contributed by atoms with van der Waals surface area (Å²) in [7, 11) is -3.62. The van der Waals surface area contributed by atoms with E-state index < -0.39 is 10.0 Å². The molecule has 1 aromatic carbocycles. The van der Waals surface area contributed by atoms with E-state index >= 15 is 0 Å². The molecule has 1 aliphatic rings. The van der Waals surface area contributed by atoms with Crippen molar-refractivity contribution in [3.63, 3.8) is 0 Å². The standard InChI is InChI=1S/C19H25BrN4O3S/c1-4-24-15(3)19(14(2)21-24)28(26,27)23-11-9-22(10-12-23)18(25)13-16-5-7-17(20)8-6-16/h5-8H,4,9-13H2,1-3H3. The van der Waals surface area contributed by atoms with Crippen LogP contribution in [-0.2, 0) is 27.8 Å². The van der Waals surface area contributed by atoms with E-state index in [4.69, 9.17) is 0 Å². The number of aromatic nitrogens is 2. The molecule has 2 heterocycles. The highest BCUT2D eigenvalue weighted by Gasteiger charge is 2.34. The Hall–Kier alpha value is -1.71. The highest BCUT2D eigenvalue weighted by Crippen LogP contribution is 2.24. The second kappa shape index (κ2) is 8.34. The molecule has 9 heteroatoms. The zero-order valence-corrected chi connectivity index (χ0v) is 18.8. The second-order valence-corrected chi connectivity index (χ2v) is 9.69. The number of amides is 1. The van der Waals surface area contributed by atoms with E-state index in [1.165, 1.54) is 4.31 Å². The van der Waals surface area contributed by atoms with Crippen molar-refractivity contribution < 1.29 is 13.2 Å². The van der Waals surface area contributed by atoms with Crippen LogP contribution >= 0.6 is 15.9 Å². The third-order valence-corrected chi connectivity index (χ3v) is 7.75. The van der Waals surface area contributed by atoms with Gasteiger partial charge in [-0.25, -0.2) is 8.42 Å². The molecule has 28 heavy (non-hydrogen) atoms. The number of carbonyl (C=O) groups is 1. The van der Waals surface area contributed by atoms with Crippen molar-refractivity contribution in [2.75, 3.05) is 26.2 Å². The van der Waals surface area contributed by atoms with Crippen LogP contribution in [0.1, 0.15) is 23.9 Å². The number of hydrogen-bond acceptors (Lipinski definition) is 4. The van der Waals surface area contributed by atoms with Crippen molar-refractivity contribution >= 4 is 31.9 Å². The summed E-state index contributed by atoms with van der Waals surface area (Å²) in [5, 5.41) is 4.33. The topological polar surface area (TPSA) is 75.5 Å². The molecule has 1 aromatic heterocycles. The van der Waals surface area contributed by atoms with Crippen LogP contribution in [0.25, 0.3) is 0 Å². The molecule has 0 radical (unpaired) electrons. The van der Waals surface area contributed by atoms with Gasteiger partial charge in [0.2, 0.25) is 15.9 Å². The average molecular weight is 469 g/mol. The molecule has 1 amide bonds. The van der Waals surface area contributed by atoms with E-state index in [1.807, 2.05) is 31.2 Å². The van der Waals surface area contributed by atoms with Gasteiger partial charge in [-0.3, -0.25) is 9.48 Å². The van der Waals surface area contributed by atoms with E-state index in [-0.39, 0.29) is 5.91 Å². The van der Waals surface area contributed by atoms with Gasteiger partial charge in [-0.15, -0.1) is 0 Å². The second-order valence-electron chi connectivity index (χ2n) is 6.90. The van der Waals surface area contributed by atoms with Crippen molar-refractivity contribution in [1.82, 2.24) is 19.0 Å². The lowest BCUT2D eigenvalue weighted by molar-refractivity contribution is -0.131. The Morgan fingerprint density at radius 3 is 2.25 bits per heavy atom. The Bertz CT molecular complexity index is 962. The first-order valence-electron chi connectivity index (χ1n) is 9.30. The number of carbonyl (C=O) groups excluding carboxylic acids is 1. The van der Waals surface area contributed by atoms with E-state index in [2.05, 4.69) is 21.0 Å². The van der Waals surface area contributed by atoms with Gasteiger partial charge in [-0.2, -0.15) is 9.40 Å². The van der Waals surface area contributed by atoms with Crippen LogP contribution in [-0.4, -0.2) is 59.5 Å². The molecule has 0 unspecified atom stereocenters. The molecule has 7 nitrogen and oxygen atoms in total. The van der Waals surface area contributed by atoms with Crippen molar-refractivity contribution in [1.29, 1.82) is 0 Å². The summed E-state index contributed by atoms with van der Waals surface area (Å²) in [6.45, 7) is 7.46. The molecule has 0 aliphatic carbocycles. The fourth-order valence-corrected chi connectivity index (χ4v) is 5.62. The van der Waals surface area contributed by atoms with E-state index in [9.17, 15) is 13.2 Å². The predicted octanol–water partition coefficient (Wildman–Crippen LogP) is 2.36. The third kappa shape index (κ3) is 4.16. The average Bonchev–Trinajstić information content (AvgIpc) is 2.97. The number of sulfonamides is 1. The van der Waals surface area contributed by atoms with Gasteiger partial charge < -0.3 is 4.90 Å². The van der Waals surface area contributed by atoms with Crippen LogP contribution in [0.4, 0.5) is 0 Å². The molecular weight excluding hydrogens is 444 g/mol. The van der Waals surface area contributed by atoms with E-state index in [0.29, 0.717) is 55.4 Å². The Kier molecular flexibility index (Phi) is 6.26. The molecular formula is C19H25BrN4O3S. The van der Waals surface area contributed by atoms with Crippen molar-refractivity contribution in [2.45, 2.75) is 38.6 Å². The molecule has 0 N–H and O–H groups in total. The zero-order chi connectivity index (χ0) is 20.5. The highest BCUT2D eigenvalue weighted by molar-refractivity contribution is 9.10. The lowest BCUT2D eigenvalue weighted by Gasteiger charge is -2.34. The quantitative estimate of drug-likeness (QED) is 0.674. The molecule has 3 rings (SSSR count). The summed E-state index contributed by atoms with van der Waals surface area (Å²) in [5.41, 5.74) is 2.13. The van der Waals surface area contributed by atoms with Crippen LogP contribution in [0.5, 0.6) is 0 Å². The van der Waals surface area contributed by atoms with Gasteiger partial charge in [0.1, 0.15) is 4.90 Å². The maximum atomic E-state index is 13.1. The first-order chi connectivity index (χ1) is 13.2. The minimum absolute atomic E-state index is 0.0190. The number of rotatable bonds is 5. The normalized spacial score (nSPS) is 15.8. The van der Waals surface area contributed by atoms with Gasteiger partial charge in [-0.05, 0) is 38.5 Å². The summed E-state index contributed by atoms with van der Waals surface area (Å²) in [5.74, 6) is 0.0190. The van der Waals surface area contributed by atoms with Crippen molar-refractivity contribution in [3.05, 3.63) is 45.7 Å². The fraction of sp³-hybridized carbons (Fsp3) is 0.474. The largest absolute Gasteiger partial charge is 0.340 e. The lowest BCUT2D eigenvalue weighted by Crippen LogP contribution is -2.51. The van der Waals surface area contributed by atoms with Gasteiger partial charge in [0.15, 0.2) is 0 Å². The summed E-state index contributed by atoms with van der Waals surface area (Å²) in [4.78, 5) is 14.6.